The minimum Gasteiger partial charge on any atom is -0.393 e. The molecule has 3 aromatic rings. The lowest BCUT2D eigenvalue weighted by Crippen LogP contribution is -2.31. The molecule has 4 N–H and O–H groups in total. The van der Waals surface area contributed by atoms with Crippen molar-refractivity contribution in [1.29, 1.82) is 0 Å². The average molecular weight is 494 g/mol. The highest BCUT2D eigenvalue weighted by atomic mass is 16.5. The van der Waals surface area contributed by atoms with Crippen LogP contribution in [0.1, 0.15) is 72.8 Å². The van der Waals surface area contributed by atoms with Gasteiger partial charge < -0.3 is 25.6 Å². The number of hydrogen-bond donors (Lipinski definition) is 4. The smallest absolute Gasteiger partial charge is 0.256 e. The molecule has 1 aliphatic carbocycles. The van der Waals surface area contributed by atoms with Crippen molar-refractivity contribution in [2.45, 2.75) is 78.0 Å². The second-order valence-electron chi connectivity index (χ2n) is 9.32. The summed E-state index contributed by atoms with van der Waals surface area (Å²) in [5.74, 6) is 1.47. The molecular weight excluding hydrogens is 458 g/mol. The van der Waals surface area contributed by atoms with E-state index < -0.39 is 0 Å². The third kappa shape index (κ3) is 6.37. The number of aromatic nitrogens is 4. The maximum atomic E-state index is 13.1. The molecule has 0 atom stereocenters. The SMILES string of the molecule is CCCCNc1ncc(C(=O)NCc2ccc(-c3c(C)noc3C)nc2)c(NC2CCC(O)CC2)n1. The molecule has 192 valence electrons. The first-order chi connectivity index (χ1) is 17.4. The summed E-state index contributed by atoms with van der Waals surface area (Å²) in [5, 5.41) is 23.4. The van der Waals surface area contributed by atoms with Crippen LogP contribution in [0.4, 0.5) is 11.8 Å². The van der Waals surface area contributed by atoms with Crippen LogP contribution in [0.5, 0.6) is 0 Å². The Labute approximate surface area is 211 Å². The molecule has 0 bridgehead atoms. The van der Waals surface area contributed by atoms with Crippen molar-refractivity contribution < 1.29 is 14.4 Å². The van der Waals surface area contributed by atoms with Crippen LogP contribution < -0.4 is 16.0 Å². The highest BCUT2D eigenvalue weighted by molar-refractivity contribution is 5.98. The molecule has 0 aromatic carbocycles. The molecule has 0 radical (unpaired) electrons. The summed E-state index contributed by atoms with van der Waals surface area (Å²) in [6.45, 7) is 6.96. The fourth-order valence-electron chi connectivity index (χ4n) is 4.34. The number of nitrogens with zero attached hydrogens (tertiary/aromatic N) is 4. The van der Waals surface area contributed by atoms with E-state index in [0.717, 1.165) is 73.3 Å². The first-order valence-corrected chi connectivity index (χ1v) is 12.7. The van der Waals surface area contributed by atoms with Crippen LogP contribution in [0, 0.1) is 13.8 Å². The Morgan fingerprint density at radius 2 is 1.94 bits per heavy atom. The molecule has 1 fully saturated rings. The first kappa shape index (κ1) is 25.6. The number of aliphatic hydroxyl groups excluding tert-OH is 1. The number of carbonyl (C=O) groups is 1. The molecule has 1 amide bonds. The van der Waals surface area contributed by atoms with Crippen LogP contribution in [0.2, 0.25) is 0 Å². The van der Waals surface area contributed by atoms with E-state index in [-0.39, 0.29) is 18.1 Å². The summed E-state index contributed by atoms with van der Waals surface area (Å²) in [6.07, 6.45) is 8.27. The Morgan fingerprint density at radius 1 is 1.14 bits per heavy atom. The van der Waals surface area contributed by atoms with Gasteiger partial charge in [-0.25, -0.2) is 4.98 Å². The summed E-state index contributed by atoms with van der Waals surface area (Å²) < 4.78 is 5.23. The number of aryl methyl sites for hydroxylation is 2. The fraction of sp³-hybridized carbons (Fsp3) is 0.500. The van der Waals surface area contributed by atoms with Gasteiger partial charge in [0.05, 0.1) is 23.1 Å². The molecule has 0 aliphatic heterocycles. The molecule has 0 saturated heterocycles. The molecule has 10 heteroatoms. The number of carbonyl (C=O) groups excluding carboxylic acids is 1. The monoisotopic (exact) mass is 493 g/mol. The Balaban J connectivity index is 1.44. The number of amides is 1. The highest BCUT2D eigenvalue weighted by Gasteiger charge is 2.23. The molecule has 3 heterocycles. The lowest BCUT2D eigenvalue weighted by atomic mass is 9.93. The number of unbranched alkanes of at least 4 members (excludes halogenated alkanes) is 1. The van der Waals surface area contributed by atoms with Gasteiger partial charge in [-0.3, -0.25) is 9.78 Å². The van der Waals surface area contributed by atoms with Gasteiger partial charge in [0.1, 0.15) is 17.1 Å². The van der Waals surface area contributed by atoms with Crippen molar-refractivity contribution in [1.82, 2.24) is 25.4 Å². The number of aliphatic hydroxyl groups is 1. The molecule has 4 rings (SSSR count). The maximum Gasteiger partial charge on any atom is 0.256 e. The summed E-state index contributed by atoms with van der Waals surface area (Å²) in [4.78, 5) is 26.6. The van der Waals surface area contributed by atoms with Crippen molar-refractivity contribution in [3.05, 3.63) is 47.1 Å². The van der Waals surface area contributed by atoms with Crippen LogP contribution in [0.3, 0.4) is 0 Å². The van der Waals surface area contributed by atoms with E-state index in [1.54, 1.807) is 12.4 Å². The van der Waals surface area contributed by atoms with Gasteiger partial charge >= 0.3 is 0 Å². The first-order valence-electron chi connectivity index (χ1n) is 12.7. The summed E-state index contributed by atoms with van der Waals surface area (Å²) >= 11 is 0. The number of rotatable bonds is 10. The van der Waals surface area contributed by atoms with Crippen molar-refractivity contribution in [2.24, 2.45) is 0 Å². The van der Waals surface area contributed by atoms with Gasteiger partial charge in [-0.2, -0.15) is 4.98 Å². The summed E-state index contributed by atoms with van der Waals surface area (Å²) in [6, 6.07) is 3.98. The van der Waals surface area contributed by atoms with E-state index in [1.165, 1.54) is 0 Å². The zero-order chi connectivity index (χ0) is 25.5. The second kappa shape index (κ2) is 11.9. The number of hydrogen-bond acceptors (Lipinski definition) is 9. The average Bonchev–Trinajstić information content (AvgIpc) is 3.22. The van der Waals surface area contributed by atoms with E-state index in [0.29, 0.717) is 23.9 Å². The lowest BCUT2D eigenvalue weighted by Gasteiger charge is -2.27. The maximum absolute atomic E-state index is 13.1. The molecule has 0 unspecified atom stereocenters. The Kier molecular flexibility index (Phi) is 8.48. The van der Waals surface area contributed by atoms with Crippen LogP contribution >= 0.6 is 0 Å². The zero-order valence-corrected chi connectivity index (χ0v) is 21.2. The quantitative estimate of drug-likeness (QED) is 0.309. The molecule has 0 spiro atoms. The van der Waals surface area contributed by atoms with Crippen molar-refractivity contribution in [2.75, 3.05) is 17.2 Å². The van der Waals surface area contributed by atoms with Gasteiger partial charge in [0.15, 0.2) is 0 Å². The summed E-state index contributed by atoms with van der Waals surface area (Å²) in [5.41, 5.74) is 3.73. The van der Waals surface area contributed by atoms with Crippen LogP contribution in [0.25, 0.3) is 11.3 Å². The number of pyridine rings is 1. The van der Waals surface area contributed by atoms with Gasteiger partial charge in [0.25, 0.3) is 5.91 Å². The van der Waals surface area contributed by atoms with Crippen molar-refractivity contribution in [3.8, 4) is 11.3 Å². The van der Waals surface area contributed by atoms with Gasteiger partial charge in [0, 0.05) is 31.5 Å². The Hall–Kier alpha value is -3.53. The van der Waals surface area contributed by atoms with Crippen molar-refractivity contribution in [3.63, 3.8) is 0 Å². The van der Waals surface area contributed by atoms with E-state index in [4.69, 9.17) is 4.52 Å². The van der Waals surface area contributed by atoms with Crippen molar-refractivity contribution >= 4 is 17.7 Å². The van der Waals surface area contributed by atoms with Gasteiger partial charge in [-0.05, 0) is 57.6 Å². The minimum atomic E-state index is -0.261. The normalized spacial score (nSPS) is 17.6. The lowest BCUT2D eigenvalue weighted by molar-refractivity contribution is 0.0950. The van der Waals surface area contributed by atoms with Gasteiger partial charge in [-0.1, -0.05) is 24.6 Å². The molecular formula is C26H35N7O3. The largest absolute Gasteiger partial charge is 0.393 e. The fourth-order valence-corrected chi connectivity index (χ4v) is 4.34. The van der Waals surface area contributed by atoms with E-state index in [1.807, 2.05) is 26.0 Å². The molecule has 36 heavy (non-hydrogen) atoms. The number of anilines is 2. The molecule has 3 aromatic heterocycles. The Bertz CT molecular complexity index is 1140. The predicted octanol–water partition coefficient (Wildman–Crippen LogP) is 4.00. The molecule has 1 aliphatic rings. The van der Waals surface area contributed by atoms with Crippen LogP contribution in [0.15, 0.2) is 29.0 Å². The van der Waals surface area contributed by atoms with E-state index in [2.05, 4.69) is 43.0 Å². The molecule has 10 nitrogen and oxygen atoms in total. The minimum absolute atomic E-state index is 0.152. The standard InChI is InChI=1S/C26H35N7O3/c1-4-5-12-27-26-30-15-21(24(32-26)31-19-7-9-20(34)10-8-19)25(35)29-14-18-6-11-22(28-13-18)23-16(2)33-36-17(23)3/h6,11,13,15,19-20,34H,4-5,7-10,12,14H2,1-3H3,(H,29,35)(H2,27,30,31,32). The second-order valence-corrected chi connectivity index (χ2v) is 9.32. The van der Waals surface area contributed by atoms with Gasteiger partial charge in [-0.15, -0.1) is 0 Å². The summed E-state index contributed by atoms with van der Waals surface area (Å²) in [7, 11) is 0. The van der Waals surface area contributed by atoms with Crippen LogP contribution in [-0.2, 0) is 6.54 Å². The van der Waals surface area contributed by atoms with E-state index in [9.17, 15) is 9.90 Å². The third-order valence-electron chi connectivity index (χ3n) is 6.45. The predicted molar refractivity (Wildman–Crippen MR) is 138 cm³/mol. The van der Waals surface area contributed by atoms with Crippen LogP contribution in [-0.4, -0.2) is 49.8 Å². The highest BCUT2D eigenvalue weighted by Crippen LogP contribution is 2.26. The zero-order valence-electron chi connectivity index (χ0n) is 21.2. The van der Waals surface area contributed by atoms with Gasteiger partial charge in [0.2, 0.25) is 5.95 Å². The Morgan fingerprint density at radius 3 is 2.61 bits per heavy atom. The molecule has 1 saturated carbocycles. The third-order valence-corrected chi connectivity index (χ3v) is 6.45. The van der Waals surface area contributed by atoms with E-state index >= 15 is 0 Å². The number of nitrogens with one attached hydrogen (secondary N) is 3. The topological polar surface area (TPSA) is 138 Å².